The van der Waals surface area contributed by atoms with Gasteiger partial charge in [0.2, 0.25) is 0 Å². The van der Waals surface area contributed by atoms with E-state index in [1.54, 1.807) is 0 Å². The van der Waals surface area contributed by atoms with E-state index in [1.165, 1.54) is 21.5 Å². The first-order valence-corrected chi connectivity index (χ1v) is 7.43. The van der Waals surface area contributed by atoms with Crippen molar-refractivity contribution in [2.24, 2.45) is 0 Å². The molecule has 0 aliphatic carbocycles. The fourth-order valence-electron chi connectivity index (χ4n) is 1.43. The molecule has 0 fully saturated rings. The zero-order valence-corrected chi connectivity index (χ0v) is 12.2. The zero-order chi connectivity index (χ0) is 11.1. The van der Waals surface area contributed by atoms with Crippen LogP contribution in [0.4, 0.5) is 0 Å². The number of rotatable bonds is 7. The highest BCUT2D eigenvalue weighted by atomic mass is 79.9. The Morgan fingerprint density at radius 3 is 2.73 bits per heavy atom. The summed E-state index contributed by atoms with van der Waals surface area (Å²) in [7, 11) is 0. The Morgan fingerprint density at radius 2 is 2.20 bits per heavy atom. The number of nitrogens with zero attached hydrogens (tertiary/aromatic N) is 1. The maximum atomic E-state index is 5.80. The van der Waals surface area contributed by atoms with Crippen LogP contribution < -0.4 is 0 Å². The summed E-state index contributed by atoms with van der Waals surface area (Å²) >= 11 is 11.1. The van der Waals surface area contributed by atoms with Gasteiger partial charge in [0.25, 0.3) is 0 Å². The molecule has 0 saturated heterocycles. The minimum Gasteiger partial charge on any atom is -0.297 e. The molecule has 1 nitrogen and oxygen atoms in total. The second-order valence-electron chi connectivity index (χ2n) is 3.52. The number of halogens is 2. The monoisotopic (exact) mass is 309 g/mol. The smallest absolute Gasteiger partial charge is 0.0701 e. The van der Waals surface area contributed by atoms with Crippen molar-refractivity contribution in [1.29, 1.82) is 0 Å². The summed E-state index contributed by atoms with van der Waals surface area (Å²) in [5, 5.41) is 0. The van der Waals surface area contributed by atoms with Crippen molar-refractivity contribution >= 4 is 38.9 Å². The molecule has 0 aliphatic heterocycles. The van der Waals surface area contributed by atoms with Gasteiger partial charge in [0, 0.05) is 23.8 Å². The summed E-state index contributed by atoms with van der Waals surface area (Å²) in [6.45, 7) is 5.39. The molecule has 0 bridgehead atoms. The fraction of sp³-hybridized carbons (Fsp3) is 0.636. The summed E-state index contributed by atoms with van der Waals surface area (Å²) in [5.74, 6) is 0.719. The zero-order valence-electron chi connectivity index (χ0n) is 9.01. The Kier molecular flexibility index (Phi) is 6.89. The lowest BCUT2D eigenvalue weighted by atomic mass is 10.3. The molecule has 15 heavy (non-hydrogen) atoms. The van der Waals surface area contributed by atoms with E-state index in [-0.39, 0.29) is 0 Å². The number of alkyl halides is 1. The lowest BCUT2D eigenvalue weighted by Gasteiger charge is -2.19. The third-order valence-electron chi connectivity index (χ3n) is 2.24. The standard InChI is InChI=1S/C11H17BrClNS/c1-2-3-7-14(8-6-13)9-10-4-5-11(12)15-10/h4-5H,2-3,6-9H2,1H3. The van der Waals surface area contributed by atoms with E-state index in [1.807, 2.05) is 11.3 Å². The van der Waals surface area contributed by atoms with Crippen molar-refractivity contribution in [1.82, 2.24) is 4.90 Å². The third kappa shape index (κ3) is 5.34. The summed E-state index contributed by atoms with van der Waals surface area (Å²) in [4.78, 5) is 3.83. The topological polar surface area (TPSA) is 3.24 Å². The lowest BCUT2D eigenvalue weighted by Crippen LogP contribution is -2.26. The molecule has 1 aromatic rings. The summed E-state index contributed by atoms with van der Waals surface area (Å²) in [5.41, 5.74) is 0. The van der Waals surface area contributed by atoms with Gasteiger partial charge in [-0.2, -0.15) is 0 Å². The van der Waals surface area contributed by atoms with Crippen molar-refractivity contribution in [2.45, 2.75) is 26.3 Å². The summed E-state index contributed by atoms with van der Waals surface area (Å²) < 4.78 is 1.21. The van der Waals surface area contributed by atoms with Crippen LogP contribution in [0, 0.1) is 0 Å². The number of unbranched alkanes of at least 4 members (excludes halogenated alkanes) is 1. The van der Waals surface area contributed by atoms with Gasteiger partial charge in [-0.15, -0.1) is 22.9 Å². The van der Waals surface area contributed by atoms with E-state index in [0.29, 0.717) is 0 Å². The van der Waals surface area contributed by atoms with E-state index in [2.05, 4.69) is 39.9 Å². The Hall–Kier alpha value is 0.430. The van der Waals surface area contributed by atoms with Gasteiger partial charge in [-0.05, 0) is 41.0 Å². The molecule has 86 valence electrons. The van der Waals surface area contributed by atoms with Crippen molar-refractivity contribution < 1.29 is 0 Å². The van der Waals surface area contributed by atoms with Crippen LogP contribution in [0.1, 0.15) is 24.6 Å². The van der Waals surface area contributed by atoms with Crippen LogP contribution in [0.25, 0.3) is 0 Å². The minimum absolute atomic E-state index is 0.719. The van der Waals surface area contributed by atoms with Crippen molar-refractivity contribution in [2.75, 3.05) is 19.0 Å². The van der Waals surface area contributed by atoms with E-state index in [0.717, 1.165) is 25.5 Å². The first-order valence-electron chi connectivity index (χ1n) is 5.28. The van der Waals surface area contributed by atoms with Crippen LogP contribution in [-0.2, 0) is 6.54 Å². The van der Waals surface area contributed by atoms with Crippen LogP contribution in [0.2, 0.25) is 0 Å². The first-order chi connectivity index (χ1) is 7.26. The molecule has 0 radical (unpaired) electrons. The van der Waals surface area contributed by atoms with E-state index in [9.17, 15) is 0 Å². The highest BCUT2D eigenvalue weighted by molar-refractivity contribution is 9.11. The lowest BCUT2D eigenvalue weighted by molar-refractivity contribution is 0.279. The summed E-state index contributed by atoms with van der Waals surface area (Å²) in [6.07, 6.45) is 2.50. The molecule has 0 amide bonds. The SMILES string of the molecule is CCCCN(CCCl)Cc1ccc(Br)s1. The average Bonchev–Trinajstić information content (AvgIpc) is 2.61. The predicted octanol–water partition coefficient (Wildman–Crippen LogP) is 4.35. The molecule has 0 unspecified atom stereocenters. The van der Waals surface area contributed by atoms with Gasteiger partial charge >= 0.3 is 0 Å². The first kappa shape index (κ1) is 13.5. The molecular weight excluding hydrogens is 294 g/mol. The van der Waals surface area contributed by atoms with Gasteiger partial charge in [0.05, 0.1) is 3.79 Å². The molecule has 1 aromatic heterocycles. The van der Waals surface area contributed by atoms with Crippen LogP contribution in [-0.4, -0.2) is 23.9 Å². The van der Waals surface area contributed by atoms with Gasteiger partial charge in [0.15, 0.2) is 0 Å². The van der Waals surface area contributed by atoms with Gasteiger partial charge in [-0.3, -0.25) is 4.90 Å². The van der Waals surface area contributed by atoms with Crippen LogP contribution in [0.5, 0.6) is 0 Å². The van der Waals surface area contributed by atoms with Gasteiger partial charge < -0.3 is 0 Å². The molecule has 1 heterocycles. The Bertz CT molecular complexity index is 277. The van der Waals surface area contributed by atoms with E-state index < -0.39 is 0 Å². The molecule has 0 aliphatic rings. The van der Waals surface area contributed by atoms with Gasteiger partial charge in [0.1, 0.15) is 0 Å². The van der Waals surface area contributed by atoms with Crippen molar-refractivity contribution in [3.8, 4) is 0 Å². The minimum atomic E-state index is 0.719. The Balaban J connectivity index is 2.42. The predicted molar refractivity (Wildman–Crippen MR) is 72.9 cm³/mol. The van der Waals surface area contributed by atoms with Crippen LogP contribution in [0.15, 0.2) is 15.9 Å². The largest absolute Gasteiger partial charge is 0.297 e. The highest BCUT2D eigenvalue weighted by Gasteiger charge is 2.06. The average molecular weight is 311 g/mol. The Morgan fingerprint density at radius 1 is 1.40 bits per heavy atom. The fourth-order valence-corrected chi connectivity index (χ4v) is 3.19. The molecule has 1 rings (SSSR count). The van der Waals surface area contributed by atoms with Crippen molar-refractivity contribution in [3.05, 3.63) is 20.8 Å². The van der Waals surface area contributed by atoms with E-state index in [4.69, 9.17) is 11.6 Å². The van der Waals surface area contributed by atoms with Crippen LogP contribution in [0.3, 0.4) is 0 Å². The number of hydrogen-bond donors (Lipinski definition) is 0. The molecule has 0 aromatic carbocycles. The molecule has 0 N–H and O–H groups in total. The number of hydrogen-bond acceptors (Lipinski definition) is 2. The van der Waals surface area contributed by atoms with Crippen LogP contribution >= 0.6 is 38.9 Å². The molecule has 4 heteroatoms. The highest BCUT2D eigenvalue weighted by Crippen LogP contribution is 2.23. The molecule has 0 atom stereocenters. The quantitative estimate of drug-likeness (QED) is 0.677. The summed E-state index contributed by atoms with van der Waals surface area (Å²) in [6, 6.07) is 4.29. The second kappa shape index (κ2) is 7.66. The van der Waals surface area contributed by atoms with Crippen molar-refractivity contribution in [3.63, 3.8) is 0 Å². The number of thiophene rings is 1. The molecule has 0 saturated carbocycles. The Labute approximate surface area is 110 Å². The normalized spacial score (nSPS) is 11.2. The molecular formula is C11H17BrClNS. The van der Waals surface area contributed by atoms with Gasteiger partial charge in [-0.1, -0.05) is 13.3 Å². The maximum Gasteiger partial charge on any atom is 0.0701 e. The van der Waals surface area contributed by atoms with Gasteiger partial charge in [-0.25, -0.2) is 0 Å². The van der Waals surface area contributed by atoms with E-state index >= 15 is 0 Å². The third-order valence-corrected chi connectivity index (χ3v) is 4.01. The molecule has 0 spiro atoms. The maximum absolute atomic E-state index is 5.80. The second-order valence-corrected chi connectivity index (χ2v) is 6.45.